The number of aliphatic hydroxyl groups is 1. The van der Waals surface area contributed by atoms with E-state index in [2.05, 4.69) is 27.4 Å². The summed E-state index contributed by atoms with van der Waals surface area (Å²) < 4.78 is 0. The Labute approximate surface area is 107 Å². The third kappa shape index (κ3) is 3.91. The van der Waals surface area contributed by atoms with Gasteiger partial charge < -0.3 is 10.4 Å². The summed E-state index contributed by atoms with van der Waals surface area (Å²) in [5.41, 5.74) is 2.23. The zero-order valence-corrected chi connectivity index (χ0v) is 10.2. The van der Waals surface area contributed by atoms with Crippen LogP contribution >= 0.6 is 0 Å². The van der Waals surface area contributed by atoms with Crippen LogP contribution in [0.15, 0.2) is 49.1 Å². The maximum Gasteiger partial charge on any atom is 0.115 e. The normalized spacial score (nSPS) is 12.3. The number of nitrogens with one attached hydrogen (secondary N) is 1. The van der Waals surface area contributed by atoms with Gasteiger partial charge in [-0.15, -0.1) is 0 Å². The Hall–Kier alpha value is -1.78. The summed E-state index contributed by atoms with van der Waals surface area (Å²) in [5.74, 6) is 0. The number of benzene rings is 1. The van der Waals surface area contributed by atoms with Crippen molar-refractivity contribution in [3.8, 4) is 0 Å². The predicted octanol–water partition coefficient (Wildman–Crippen LogP) is 1.17. The molecule has 0 saturated carbocycles. The van der Waals surface area contributed by atoms with Gasteiger partial charge in [0.25, 0.3) is 0 Å². The van der Waals surface area contributed by atoms with Crippen molar-refractivity contribution in [2.24, 2.45) is 0 Å². The SMILES string of the molecule is OC[C@@H](Cc1ccccc1)NCc1cncnc1. The van der Waals surface area contributed by atoms with Crippen LogP contribution < -0.4 is 5.32 Å². The molecule has 0 spiro atoms. The molecule has 0 aliphatic rings. The average molecular weight is 243 g/mol. The van der Waals surface area contributed by atoms with Crippen LogP contribution in [0.3, 0.4) is 0 Å². The molecule has 1 aromatic heterocycles. The zero-order valence-electron chi connectivity index (χ0n) is 10.2. The van der Waals surface area contributed by atoms with Gasteiger partial charge in [0.1, 0.15) is 6.33 Å². The Morgan fingerprint density at radius 2 is 1.78 bits per heavy atom. The minimum Gasteiger partial charge on any atom is -0.395 e. The second kappa shape index (κ2) is 6.83. The Morgan fingerprint density at radius 1 is 1.06 bits per heavy atom. The summed E-state index contributed by atoms with van der Waals surface area (Å²) in [6.45, 7) is 0.779. The van der Waals surface area contributed by atoms with E-state index in [0.29, 0.717) is 6.54 Å². The predicted molar refractivity (Wildman–Crippen MR) is 69.9 cm³/mol. The van der Waals surface area contributed by atoms with Crippen molar-refractivity contribution in [3.63, 3.8) is 0 Å². The molecule has 1 heterocycles. The molecule has 0 bridgehead atoms. The molecule has 2 rings (SSSR count). The van der Waals surface area contributed by atoms with Crippen LogP contribution in [0.1, 0.15) is 11.1 Å². The zero-order chi connectivity index (χ0) is 12.6. The molecule has 1 aromatic carbocycles. The molecule has 1 atom stereocenters. The van der Waals surface area contributed by atoms with Gasteiger partial charge in [0.15, 0.2) is 0 Å². The molecule has 0 saturated heterocycles. The lowest BCUT2D eigenvalue weighted by molar-refractivity contribution is 0.240. The lowest BCUT2D eigenvalue weighted by Crippen LogP contribution is -2.34. The Morgan fingerprint density at radius 3 is 2.44 bits per heavy atom. The van der Waals surface area contributed by atoms with Crippen molar-refractivity contribution in [2.75, 3.05) is 6.61 Å². The van der Waals surface area contributed by atoms with Crippen molar-refractivity contribution in [1.29, 1.82) is 0 Å². The van der Waals surface area contributed by atoms with Crippen LogP contribution in [0.4, 0.5) is 0 Å². The first-order valence-corrected chi connectivity index (χ1v) is 6.00. The largest absolute Gasteiger partial charge is 0.395 e. The van der Waals surface area contributed by atoms with Crippen molar-refractivity contribution >= 4 is 0 Å². The van der Waals surface area contributed by atoms with Crippen LogP contribution in [-0.4, -0.2) is 27.7 Å². The van der Waals surface area contributed by atoms with E-state index < -0.39 is 0 Å². The molecular weight excluding hydrogens is 226 g/mol. The van der Waals surface area contributed by atoms with Gasteiger partial charge in [-0.1, -0.05) is 30.3 Å². The molecule has 0 amide bonds. The van der Waals surface area contributed by atoms with Crippen molar-refractivity contribution in [1.82, 2.24) is 15.3 Å². The van der Waals surface area contributed by atoms with Gasteiger partial charge in [0.05, 0.1) is 6.61 Å². The monoisotopic (exact) mass is 243 g/mol. The molecule has 0 unspecified atom stereocenters. The molecule has 18 heavy (non-hydrogen) atoms. The molecule has 4 heteroatoms. The first-order valence-electron chi connectivity index (χ1n) is 6.00. The molecule has 2 N–H and O–H groups in total. The van der Waals surface area contributed by atoms with Crippen LogP contribution in [0.2, 0.25) is 0 Å². The third-order valence-electron chi connectivity index (χ3n) is 2.75. The van der Waals surface area contributed by atoms with Gasteiger partial charge in [-0.3, -0.25) is 0 Å². The molecule has 0 aliphatic carbocycles. The van der Waals surface area contributed by atoms with Crippen molar-refractivity contribution in [2.45, 2.75) is 19.0 Å². The highest BCUT2D eigenvalue weighted by Gasteiger charge is 2.07. The fourth-order valence-corrected chi connectivity index (χ4v) is 1.78. The molecule has 0 aliphatic heterocycles. The second-order valence-electron chi connectivity index (χ2n) is 4.20. The van der Waals surface area contributed by atoms with E-state index >= 15 is 0 Å². The van der Waals surface area contributed by atoms with E-state index in [1.54, 1.807) is 12.4 Å². The number of rotatable bonds is 6. The van der Waals surface area contributed by atoms with E-state index in [9.17, 15) is 5.11 Å². The minimum absolute atomic E-state index is 0.0487. The minimum atomic E-state index is 0.0487. The van der Waals surface area contributed by atoms with Gasteiger partial charge in [-0.25, -0.2) is 9.97 Å². The summed E-state index contributed by atoms with van der Waals surface area (Å²) in [7, 11) is 0. The highest BCUT2D eigenvalue weighted by Crippen LogP contribution is 2.03. The van der Waals surface area contributed by atoms with E-state index in [0.717, 1.165) is 12.0 Å². The number of nitrogens with zero attached hydrogens (tertiary/aromatic N) is 2. The summed E-state index contributed by atoms with van der Waals surface area (Å²) in [6.07, 6.45) is 5.87. The maximum absolute atomic E-state index is 9.37. The summed E-state index contributed by atoms with van der Waals surface area (Å²) >= 11 is 0. The topological polar surface area (TPSA) is 58.0 Å². The fraction of sp³-hybridized carbons (Fsp3) is 0.286. The smallest absolute Gasteiger partial charge is 0.115 e. The van der Waals surface area contributed by atoms with Gasteiger partial charge in [0, 0.05) is 30.5 Å². The number of aliphatic hydroxyl groups excluding tert-OH is 1. The quantitative estimate of drug-likeness (QED) is 0.799. The van der Waals surface area contributed by atoms with E-state index in [1.807, 2.05) is 18.2 Å². The van der Waals surface area contributed by atoms with Gasteiger partial charge in [-0.2, -0.15) is 0 Å². The Kier molecular flexibility index (Phi) is 4.81. The van der Waals surface area contributed by atoms with Gasteiger partial charge in [0.2, 0.25) is 0 Å². The molecular formula is C14H17N3O. The average Bonchev–Trinajstić information content (AvgIpc) is 2.45. The van der Waals surface area contributed by atoms with Crippen LogP contribution in [-0.2, 0) is 13.0 Å². The molecule has 0 fully saturated rings. The van der Waals surface area contributed by atoms with E-state index in [-0.39, 0.29) is 12.6 Å². The standard InChI is InChI=1S/C14H17N3O/c18-10-14(6-12-4-2-1-3-5-12)17-9-13-7-15-11-16-8-13/h1-5,7-8,11,14,17-18H,6,9-10H2/t14-/m1/s1. The van der Waals surface area contributed by atoms with E-state index in [1.165, 1.54) is 11.9 Å². The number of hydrogen-bond donors (Lipinski definition) is 2. The summed E-state index contributed by atoms with van der Waals surface area (Å²) in [4.78, 5) is 7.92. The molecule has 94 valence electrons. The van der Waals surface area contributed by atoms with Crippen molar-refractivity contribution < 1.29 is 5.11 Å². The maximum atomic E-state index is 9.37. The van der Waals surface area contributed by atoms with Crippen LogP contribution in [0.25, 0.3) is 0 Å². The van der Waals surface area contributed by atoms with Crippen LogP contribution in [0, 0.1) is 0 Å². The lowest BCUT2D eigenvalue weighted by atomic mass is 10.1. The van der Waals surface area contributed by atoms with E-state index in [4.69, 9.17) is 0 Å². The third-order valence-corrected chi connectivity index (χ3v) is 2.75. The Bertz CT molecular complexity index is 447. The molecule has 2 aromatic rings. The Balaban J connectivity index is 1.86. The number of hydrogen-bond acceptors (Lipinski definition) is 4. The van der Waals surface area contributed by atoms with Gasteiger partial charge in [-0.05, 0) is 12.0 Å². The second-order valence-corrected chi connectivity index (χ2v) is 4.20. The van der Waals surface area contributed by atoms with Gasteiger partial charge >= 0.3 is 0 Å². The lowest BCUT2D eigenvalue weighted by Gasteiger charge is -2.16. The van der Waals surface area contributed by atoms with Crippen LogP contribution in [0.5, 0.6) is 0 Å². The first kappa shape index (κ1) is 12.7. The summed E-state index contributed by atoms with van der Waals surface area (Å²) in [6, 6.07) is 10.2. The first-order chi connectivity index (χ1) is 8.88. The summed E-state index contributed by atoms with van der Waals surface area (Å²) in [5, 5.41) is 12.7. The highest BCUT2D eigenvalue weighted by molar-refractivity contribution is 5.16. The highest BCUT2D eigenvalue weighted by atomic mass is 16.3. The molecule has 0 radical (unpaired) electrons. The number of aromatic nitrogens is 2. The fourth-order valence-electron chi connectivity index (χ4n) is 1.78. The van der Waals surface area contributed by atoms with Crippen molar-refractivity contribution in [3.05, 3.63) is 60.2 Å². The molecule has 4 nitrogen and oxygen atoms in total.